The minimum atomic E-state index is -3.65. The molecule has 0 bridgehead atoms. The molecule has 0 atom stereocenters. The van der Waals surface area contributed by atoms with Gasteiger partial charge in [-0.05, 0) is 31.3 Å². The number of benzene rings is 1. The van der Waals surface area contributed by atoms with Gasteiger partial charge in [0.1, 0.15) is 0 Å². The van der Waals surface area contributed by atoms with E-state index in [9.17, 15) is 18.5 Å². The number of nitro groups is 1. The smallest absolute Gasteiger partial charge is 0.269 e. The summed E-state index contributed by atoms with van der Waals surface area (Å²) in [7, 11) is -3.65. The van der Waals surface area contributed by atoms with Crippen LogP contribution in [0.25, 0.3) is 0 Å². The molecule has 2 rings (SSSR count). The highest BCUT2D eigenvalue weighted by Gasteiger charge is 2.29. The monoisotopic (exact) mass is 358 g/mol. The van der Waals surface area contributed by atoms with E-state index in [1.165, 1.54) is 28.6 Å². The first-order chi connectivity index (χ1) is 10.9. The van der Waals surface area contributed by atoms with Gasteiger partial charge in [-0.15, -0.1) is 0 Å². The summed E-state index contributed by atoms with van der Waals surface area (Å²) in [6, 6.07) is 4.93. The maximum Gasteiger partial charge on any atom is 0.269 e. The average Bonchev–Trinajstić information content (AvgIpc) is 2.55. The van der Waals surface area contributed by atoms with Gasteiger partial charge in [-0.3, -0.25) is 10.1 Å². The molecule has 23 heavy (non-hydrogen) atoms. The zero-order valence-corrected chi connectivity index (χ0v) is 14.3. The van der Waals surface area contributed by atoms with Gasteiger partial charge in [0.2, 0.25) is 10.0 Å². The molecule has 1 heterocycles. The van der Waals surface area contributed by atoms with Crippen molar-refractivity contribution in [2.75, 3.05) is 32.7 Å². The van der Waals surface area contributed by atoms with E-state index < -0.39 is 14.9 Å². The topological polar surface area (TPSA) is 95.8 Å². The van der Waals surface area contributed by atoms with Gasteiger partial charge < -0.3 is 10.2 Å². The third-order valence-electron chi connectivity index (χ3n) is 3.54. The van der Waals surface area contributed by atoms with Crippen LogP contribution in [-0.4, -0.2) is 60.4 Å². The normalized spacial score (nSPS) is 16.1. The molecule has 1 aliphatic heterocycles. The van der Waals surface area contributed by atoms with E-state index in [0.29, 0.717) is 31.3 Å². The van der Waals surface area contributed by atoms with Gasteiger partial charge in [0, 0.05) is 44.9 Å². The summed E-state index contributed by atoms with van der Waals surface area (Å²) in [6.07, 6.45) is 0. The number of rotatable bonds is 4. The van der Waals surface area contributed by atoms with Crippen LogP contribution in [0.2, 0.25) is 0 Å². The molecule has 126 valence electrons. The van der Waals surface area contributed by atoms with Crippen molar-refractivity contribution in [2.24, 2.45) is 0 Å². The van der Waals surface area contributed by atoms with E-state index in [1.54, 1.807) is 0 Å². The second kappa shape index (κ2) is 7.20. The van der Waals surface area contributed by atoms with Crippen molar-refractivity contribution in [1.29, 1.82) is 0 Å². The molecule has 0 saturated carbocycles. The van der Waals surface area contributed by atoms with E-state index in [-0.39, 0.29) is 10.6 Å². The molecule has 0 amide bonds. The zero-order chi connectivity index (χ0) is 17.0. The van der Waals surface area contributed by atoms with Crippen LogP contribution in [0.1, 0.15) is 6.92 Å². The minimum absolute atomic E-state index is 0.0609. The Morgan fingerprint density at radius 1 is 1.26 bits per heavy atom. The average molecular weight is 358 g/mol. The lowest BCUT2D eigenvalue weighted by atomic mass is 10.3. The predicted octanol–water partition coefficient (Wildman–Crippen LogP) is 0.795. The first-order valence-electron chi connectivity index (χ1n) is 7.13. The molecule has 0 spiro atoms. The van der Waals surface area contributed by atoms with Crippen molar-refractivity contribution in [3.05, 3.63) is 34.4 Å². The fourth-order valence-electron chi connectivity index (χ4n) is 2.28. The van der Waals surface area contributed by atoms with Crippen LogP contribution >= 0.6 is 12.2 Å². The number of thiocarbonyl (C=S) groups is 1. The zero-order valence-electron chi connectivity index (χ0n) is 12.6. The Morgan fingerprint density at radius 2 is 1.83 bits per heavy atom. The Hall–Kier alpha value is -1.78. The van der Waals surface area contributed by atoms with Crippen LogP contribution in [0, 0.1) is 10.1 Å². The highest BCUT2D eigenvalue weighted by molar-refractivity contribution is 7.89. The van der Waals surface area contributed by atoms with Gasteiger partial charge in [0.25, 0.3) is 5.69 Å². The molecule has 1 aromatic rings. The first kappa shape index (κ1) is 17.6. The molecule has 1 fully saturated rings. The molecule has 0 aliphatic carbocycles. The molecule has 10 heteroatoms. The van der Waals surface area contributed by atoms with E-state index >= 15 is 0 Å². The summed E-state index contributed by atoms with van der Waals surface area (Å²) in [5.74, 6) is 0. The molecule has 8 nitrogen and oxygen atoms in total. The first-order valence-corrected chi connectivity index (χ1v) is 8.98. The quantitative estimate of drug-likeness (QED) is 0.483. The molecular weight excluding hydrogens is 340 g/mol. The highest BCUT2D eigenvalue weighted by Crippen LogP contribution is 2.20. The second-order valence-corrected chi connectivity index (χ2v) is 7.30. The van der Waals surface area contributed by atoms with Crippen molar-refractivity contribution in [3.63, 3.8) is 0 Å². The molecule has 1 aliphatic rings. The van der Waals surface area contributed by atoms with Crippen molar-refractivity contribution in [3.8, 4) is 0 Å². The highest BCUT2D eigenvalue weighted by atomic mass is 32.2. The molecular formula is C13H18N4O4S2. The van der Waals surface area contributed by atoms with Crippen LogP contribution in [0.4, 0.5) is 5.69 Å². The number of nitro benzene ring substituents is 1. The lowest BCUT2D eigenvalue weighted by Crippen LogP contribution is -2.52. The van der Waals surface area contributed by atoms with Crippen LogP contribution in [-0.2, 0) is 10.0 Å². The Kier molecular flexibility index (Phi) is 5.50. The van der Waals surface area contributed by atoms with Gasteiger partial charge in [-0.2, -0.15) is 4.31 Å². The third kappa shape index (κ3) is 3.95. The van der Waals surface area contributed by atoms with E-state index in [4.69, 9.17) is 12.2 Å². The number of piperazine rings is 1. The van der Waals surface area contributed by atoms with Crippen LogP contribution in [0.5, 0.6) is 0 Å². The fraction of sp³-hybridized carbons (Fsp3) is 0.462. The molecule has 1 aromatic carbocycles. The number of nitrogens with zero attached hydrogens (tertiary/aromatic N) is 3. The molecule has 0 unspecified atom stereocenters. The summed E-state index contributed by atoms with van der Waals surface area (Å²) in [5, 5.41) is 14.3. The molecule has 1 saturated heterocycles. The Morgan fingerprint density at radius 3 is 2.30 bits per heavy atom. The number of non-ortho nitro benzene ring substituents is 1. The second-order valence-electron chi connectivity index (χ2n) is 4.98. The lowest BCUT2D eigenvalue weighted by Gasteiger charge is -2.35. The largest absolute Gasteiger partial charge is 0.363 e. The number of hydrogen-bond acceptors (Lipinski definition) is 5. The van der Waals surface area contributed by atoms with Crippen LogP contribution in [0.15, 0.2) is 29.2 Å². The van der Waals surface area contributed by atoms with Crippen LogP contribution in [0.3, 0.4) is 0 Å². The third-order valence-corrected chi connectivity index (χ3v) is 5.85. The van der Waals surface area contributed by atoms with E-state index in [1.807, 2.05) is 11.8 Å². The maximum atomic E-state index is 12.6. The summed E-state index contributed by atoms with van der Waals surface area (Å²) in [4.78, 5) is 12.1. The molecule has 0 radical (unpaired) electrons. The maximum absolute atomic E-state index is 12.6. The molecule has 1 N–H and O–H groups in total. The SMILES string of the molecule is CCNC(=S)N1CCN(S(=O)(=O)c2ccc([N+](=O)[O-])cc2)CC1. The summed E-state index contributed by atoms with van der Waals surface area (Å²) in [6.45, 7) is 4.34. The van der Waals surface area contributed by atoms with Crippen LogP contribution < -0.4 is 5.32 Å². The predicted molar refractivity (Wildman–Crippen MR) is 89.7 cm³/mol. The summed E-state index contributed by atoms with van der Waals surface area (Å²) < 4.78 is 26.5. The minimum Gasteiger partial charge on any atom is -0.363 e. The van der Waals surface area contributed by atoms with Gasteiger partial charge in [-0.25, -0.2) is 8.42 Å². The van der Waals surface area contributed by atoms with Crippen molar-refractivity contribution >= 4 is 33.0 Å². The Labute approximate surface area is 140 Å². The number of hydrogen-bond donors (Lipinski definition) is 1. The summed E-state index contributed by atoms with van der Waals surface area (Å²) in [5.41, 5.74) is -0.134. The van der Waals surface area contributed by atoms with Crippen molar-refractivity contribution in [1.82, 2.24) is 14.5 Å². The number of nitrogens with one attached hydrogen (secondary N) is 1. The number of sulfonamides is 1. The van der Waals surface area contributed by atoms with Gasteiger partial charge >= 0.3 is 0 Å². The van der Waals surface area contributed by atoms with E-state index in [2.05, 4.69) is 5.32 Å². The summed E-state index contributed by atoms with van der Waals surface area (Å²) >= 11 is 5.22. The Bertz CT molecular complexity index is 682. The lowest BCUT2D eigenvalue weighted by molar-refractivity contribution is -0.384. The molecule has 0 aromatic heterocycles. The van der Waals surface area contributed by atoms with Gasteiger partial charge in [-0.1, -0.05) is 0 Å². The van der Waals surface area contributed by atoms with Gasteiger partial charge in [0.15, 0.2) is 5.11 Å². The van der Waals surface area contributed by atoms with Gasteiger partial charge in [0.05, 0.1) is 9.82 Å². The van der Waals surface area contributed by atoms with E-state index in [0.717, 1.165) is 6.54 Å². The fourth-order valence-corrected chi connectivity index (χ4v) is 4.03. The van der Waals surface area contributed by atoms with Crippen molar-refractivity contribution in [2.45, 2.75) is 11.8 Å². The van der Waals surface area contributed by atoms with Crippen molar-refractivity contribution < 1.29 is 13.3 Å². The standard InChI is InChI=1S/C13H18N4O4S2/c1-2-14-13(22)15-7-9-16(10-8-15)23(20,21)12-5-3-11(4-6-12)17(18)19/h3-6H,2,7-10H2,1H3,(H,14,22). The Balaban J connectivity index is 2.07.